The quantitative estimate of drug-likeness (QED) is 0.152. The summed E-state index contributed by atoms with van der Waals surface area (Å²) in [5.41, 5.74) is 6.90. The van der Waals surface area contributed by atoms with Crippen molar-refractivity contribution in [3.05, 3.63) is 198 Å². The molecule has 0 saturated heterocycles. The number of rotatable bonds is 2. The highest BCUT2D eigenvalue weighted by atomic mass is 16.3. The lowest BCUT2D eigenvalue weighted by molar-refractivity contribution is 0.475. The van der Waals surface area contributed by atoms with E-state index in [4.69, 9.17) is 0 Å². The smallest absolute Gasteiger partial charge is 0.123 e. The third-order valence-corrected chi connectivity index (χ3v) is 11.0. The van der Waals surface area contributed by atoms with Crippen molar-refractivity contribution in [1.29, 1.82) is 0 Å². The molecule has 1 aliphatic carbocycles. The Morgan fingerprint density at radius 2 is 0.726 bits per heavy atom. The molecule has 0 bridgehead atoms. The zero-order valence-corrected chi connectivity index (χ0v) is 37.5. The largest absolute Gasteiger partial charge is 0.508 e. The topological polar surface area (TPSA) is 60.7 Å². The molecular formula is C59H60O3. The fourth-order valence-electron chi connectivity index (χ4n) is 8.68. The van der Waals surface area contributed by atoms with Crippen molar-refractivity contribution < 1.29 is 15.3 Å². The number of hydrogen-bond acceptors (Lipinski definition) is 3. The van der Waals surface area contributed by atoms with Gasteiger partial charge in [0.15, 0.2) is 0 Å². The fourth-order valence-corrected chi connectivity index (χ4v) is 8.68. The summed E-state index contributed by atoms with van der Waals surface area (Å²) in [6.45, 7) is 16.5. The summed E-state index contributed by atoms with van der Waals surface area (Å²) in [4.78, 5) is 0. The van der Waals surface area contributed by atoms with Crippen molar-refractivity contribution in [2.45, 2.75) is 73.6 Å². The molecule has 0 radical (unpaired) electrons. The van der Waals surface area contributed by atoms with E-state index in [2.05, 4.69) is 149 Å². The van der Waals surface area contributed by atoms with Crippen molar-refractivity contribution >= 4 is 53.9 Å². The molecule has 0 unspecified atom stereocenters. The second-order valence-electron chi connectivity index (χ2n) is 15.2. The first-order valence-corrected chi connectivity index (χ1v) is 22.3. The first-order valence-electron chi connectivity index (χ1n) is 22.3. The maximum Gasteiger partial charge on any atom is 0.123 e. The molecule has 62 heavy (non-hydrogen) atoms. The highest BCUT2D eigenvalue weighted by Gasteiger charge is 2.46. The van der Waals surface area contributed by atoms with Gasteiger partial charge in [0.2, 0.25) is 0 Å². The van der Waals surface area contributed by atoms with Crippen LogP contribution in [0.1, 0.15) is 90.5 Å². The van der Waals surface area contributed by atoms with Crippen LogP contribution in [0.15, 0.2) is 176 Å². The first-order chi connectivity index (χ1) is 30.3. The molecule has 0 heterocycles. The Morgan fingerprint density at radius 1 is 0.355 bits per heavy atom. The van der Waals surface area contributed by atoms with Crippen molar-refractivity contribution in [3.63, 3.8) is 0 Å². The van der Waals surface area contributed by atoms with Crippen molar-refractivity contribution in [1.82, 2.24) is 0 Å². The first kappa shape index (κ1) is 44.7. The van der Waals surface area contributed by atoms with Crippen LogP contribution in [0.4, 0.5) is 0 Å². The third kappa shape index (κ3) is 8.28. The second kappa shape index (κ2) is 20.1. The molecule has 0 fully saturated rings. The monoisotopic (exact) mass is 816 g/mol. The minimum Gasteiger partial charge on any atom is -0.508 e. The normalized spacial score (nSPS) is 11.7. The molecule has 0 aliphatic heterocycles. The van der Waals surface area contributed by atoms with Gasteiger partial charge in [-0.25, -0.2) is 0 Å². The van der Waals surface area contributed by atoms with Crippen LogP contribution in [0.5, 0.6) is 17.2 Å². The number of benzene rings is 10. The van der Waals surface area contributed by atoms with E-state index < -0.39 is 5.41 Å². The maximum absolute atomic E-state index is 10.0. The Labute approximate surface area is 367 Å². The van der Waals surface area contributed by atoms with E-state index in [0.717, 1.165) is 26.9 Å². The molecule has 10 aromatic carbocycles. The van der Waals surface area contributed by atoms with E-state index in [1.807, 2.05) is 64.1 Å². The summed E-state index contributed by atoms with van der Waals surface area (Å²) in [7, 11) is 0. The van der Waals surface area contributed by atoms with E-state index in [0.29, 0.717) is 5.75 Å². The van der Waals surface area contributed by atoms with E-state index in [1.54, 1.807) is 18.2 Å². The Morgan fingerprint density at radius 3 is 1.21 bits per heavy atom. The zero-order chi connectivity index (χ0) is 44.4. The molecule has 11 rings (SSSR count). The van der Waals surface area contributed by atoms with E-state index in [9.17, 15) is 15.3 Å². The lowest BCUT2D eigenvalue weighted by atomic mass is 9.67. The fraction of sp³-hybridized carbons (Fsp3) is 0.186. The molecule has 10 aromatic rings. The maximum atomic E-state index is 10.0. The van der Waals surface area contributed by atoms with Gasteiger partial charge in [-0.05, 0) is 119 Å². The van der Waals surface area contributed by atoms with Gasteiger partial charge in [0, 0.05) is 10.8 Å². The summed E-state index contributed by atoms with van der Waals surface area (Å²) in [5.74, 6) is 0.902. The number of aromatic hydroxyl groups is 3. The van der Waals surface area contributed by atoms with Crippen molar-refractivity contribution in [2.24, 2.45) is 0 Å². The van der Waals surface area contributed by atoms with Crippen LogP contribution in [0.2, 0.25) is 0 Å². The van der Waals surface area contributed by atoms with E-state index >= 15 is 0 Å². The van der Waals surface area contributed by atoms with E-state index in [-0.39, 0.29) is 11.5 Å². The van der Waals surface area contributed by atoms with Crippen LogP contribution in [0.25, 0.3) is 65.0 Å². The third-order valence-electron chi connectivity index (χ3n) is 11.0. The molecule has 314 valence electrons. The van der Waals surface area contributed by atoms with Gasteiger partial charge in [-0.3, -0.25) is 0 Å². The minimum absolute atomic E-state index is 0.273. The van der Waals surface area contributed by atoms with Crippen LogP contribution in [-0.4, -0.2) is 15.3 Å². The summed E-state index contributed by atoms with van der Waals surface area (Å²) in [6.07, 6.45) is 2.50. The van der Waals surface area contributed by atoms with Gasteiger partial charge in [0.05, 0.1) is 5.41 Å². The highest BCUT2D eigenvalue weighted by molar-refractivity contribution is 6.24. The summed E-state index contributed by atoms with van der Waals surface area (Å²) >= 11 is 0. The Kier molecular flexibility index (Phi) is 14.5. The molecule has 3 N–H and O–H groups in total. The van der Waals surface area contributed by atoms with Crippen molar-refractivity contribution in [3.8, 4) is 28.4 Å². The van der Waals surface area contributed by atoms with Gasteiger partial charge in [0.25, 0.3) is 0 Å². The molecule has 1 aliphatic rings. The van der Waals surface area contributed by atoms with Gasteiger partial charge >= 0.3 is 0 Å². The predicted molar refractivity (Wildman–Crippen MR) is 269 cm³/mol. The van der Waals surface area contributed by atoms with Gasteiger partial charge in [0.1, 0.15) is 17.2 Å². The average molecular weight is 817 g/mol. The number of phenols is 3. The molecule has 0 spiro atoms. The summed E-state index contributed by atoms with van der Waals surface area (Å²) in [6, 6.07) is 60.0. The van der Waals surface area contributed by atoms with Gasteiger partial charge in [-0.15, -0.1) is 0 Å². The summed E-state index contributed by atoms with van der Waals surface area (Å²) in [5, 5.41) is 41.1. The SMILES string of the molecule is CC.CC.CCC.CCC.Oc1ccc2cc(C3(c4ccc5cc(O)ccc5c4)c4ccccc4-c4ccccc43)ccc2c1.Oc1ccc2ccc3cccc4ccc1c2c34. The van der Waals surface area contributed by atoms with Crippen LogP contribution in [0.3, 0.4) is 0 Å². The van der Waals surface area contributed by atoms with Crippen LogP contribution < -0.4 is 0 Å². The Hall–Kier alpha value is -6.84. The van der Waals surface area contributed by atoms with Gasteiger partial charge < -0.3 is 15.3 Å². The Bertz CT molecular complexity index is 2900. The Balaban J connectivity index is 0.000000198. The highest BCUT2D eigenvalue weighted by Crippen LogP contribution is 2.56. The van der Waals surface area contributed by atoms with Gasteiger partial charge in [-0.1, -0.05) is 202 Å². The van der Waals surface area contributed by atoms with E-state index in [1.165, 1.54) is 73.2 Å². The van der Waals surface area contributed by atoms with Crippen LogP contribution in [0, 0.1) is 0 Å². The predicted octanol–water partition coefficient (Wildman–Crippen LogP) is 16.9. The number of fused-ring (bicyclic) bond motifs is 5. The van der Waals surface area contributed by atoms with Crippen molar-refractivity contribution in [2.75, 3.05) is 0 Å². The average Bonchev–Trinajstić information content (AvgIpc) is 3.61. The minimum atomic E-state index is -0.495. The zero-order valence-electron chi connectivity index (χ0n) is 37.5. The van der Waals surface area contributed by atoms with Gasteiger partial charge in [-0.2, -0.15) is 0 Å². The van der Waals surface area contributed by atoms with Crippen LogP contribution in [-0.2, 0) is 5.41 Å². The number of hydrogen-bond donors (Lipinski definition) is 3. The standard InChI is InChI=1S/C33H22O2.C16H10O.2C3H8.2C2H6/c34-27-15-11-21-17-25(13-9-23(21)19-27)33(26-14-10-24-20-28(35)16-12-22(24)18-26)31-7-3-1-5-29(31)30-6-2-4-8-32(30)33;17-14-9-7-12-5-4-10-2-1-3-11-6-8-13(14)16(12)15(10)11;2*1-3-2;2*1-2/h1-20,34-35H;1-9,17H;2*3H2,1-2H3;2*1-2H3. The molecular weight excluding hydrogens is 757 g/mol. The molecule has 0 aromatic heterocycles. The summed E-state index contributed by atoms with van der Waals surface area (Å²) < 4.78 is 0. The lowest BCUT2D eigenvalue weighted by Gasteiger charge is -2.34. The molecule has 0 saturated carbocycles. The van der Waals surface area contributed by atoms with Crippen LogP contribution >= 0.6 is 0 Å². The molecule has 3 nitrogen and oxygen atoms in total. The number of phenolic OH excluding ortho intramolecular Hbond substituents is 3. The lowest BCUT2D eigenvalue weighted by Crippen LogP contribution is -2.28. The second-order valence-corrected chi connectivity index (χ2v) is 15.2. The molecule has 0 atom stereocenters. The molecule has 3 heteroatoms. The molecule has 0 amide bonds.